The molecule has 1 atom stereocenters. The van der Waals surface area contributed by atoms with E-state index >= 15 is 0 Å². The Labute approximate surface area is 270 Å². The largest absolute Gasteiger partial charge is 0.494 e. The zero-order chi connectivity index (χ0) is 30.7. The SMILES string of the molecule is CCOC(=O)C1=C(C)N=c2s/c(=C\c3cc(Cl)cc(I)c3OCc3ccc(F)cc3)c(=O)n2[C@H]1c1ccc(OCC)cc1. The van der Waals surface area contributed by atoms with Gasteiger partial charge in [0.1, 0.15) is 23.9 Å². The quantitative estimate of drug-likeness (QED) is 0.152. The predicted octanol–water partition coefficient (Wildman–Crippen LogP) is 6.17. The van der Waals surface area contributed by atoms with Crippen LogP contribution in [0, 0.1) is 9.39 Å². The first-order valence-corrected chi connectivity index (χ1v) is 15.8. The Hall–Kier alpha value is -3.48. The molecule has 0 N–H and O–H groups in total. The average molecular weight is 733 g/mol. The number of benzene rings is 3. The Morgan fingerprint density at radius 3 is 2.49 bits per heavy atom. The van der Waals surface area contributed by atoms with E-state index in [1.165, 1.54) is 28.0 Å². The van der Waals surface area contributed by atoms with E-state index in [1.54, 1.807) is 44.2 Å². The smallest absolute Gasteiger partial charge is 0.338 e. The van der Waals surface area contributed by atoms with Gasteiger partial charge in [-0.05, 0) is 97.0 Å². The molecule has 0 unspecified atom stereocenters. The molecule has 0 aliphatic carbocycles. The molecule has 7 nitrogen and oxygen atoms in total. The third-order valence-corrected chi connectivity index (χ3v) is 8.65. The number of aromatic nitrogens is 1. The van der Waals surface area contributed by atoms with Gasteiger partial charge < -0.3 is 14.2 Å². The van der Waals surface area contributed by atoms with Crippen LogP contribution in [0.5, 0.6) is 11.5 Å². The fourth-order valence-corrected chi connectivity index (χ4v) is 6.99. The minimum Gasteiger partial charge on any atom is -0.494 e. The number of nitrogens with zero attached hydrogens (tertiary/aromatic N) is 2. The van der Waals surface area contributed by atoms with Crippen molar-refractivity contribution in [1.82, 2.24) is 4.57 Å². The number of hydrogen-bond donors (Lipinski definition) is 0. The molecule has 0 amide bonds. The van der Waals surface area contributed by atoms with Gasteiger partial charge in [0.05, 0.1) is 38.6 Å². The van der Waals surface area contributed by atoms with Gasteiger partial charge in [-0.3, -0.25) is 9.36 Å². The summed E-state index contributed by atoms with van der Waals surface area (Å²) in [5.41, 5.74) is 2.56. The monoisotopic (exact) mass is 732 g/mol. The fourth-order valence-electron chi connectivity index (χ4n) is 4.74. The van der Waals surface area contributed by atoms with E-state index < -0.39 is 12.0 Å². The molecular formula is C32H27ClFIN2O5S. The summed E-state index contributed by atoms with van der Waals surface area (Å²) >= 11 is 9.76. The number of esters is 1. The van der Waals surface area contributed by atoms with E-state index in [1.807, 2.05) is 31.2 Å². The summed E-state index contributed by atoms with van der Waals surface area (Å²) in [7, 11) is 0. The summed E-state index contributed by atoms with van der Waals surface area (Å²) in [6.45, 7) is 6.27. The van der Waals surface area contributed by atoms with E-state index in [-0.39, 0.29) is 24.6 Å². The summed E-state index contributed by atoms with van der Waals surface area (Å²) in [4.78, 5) is 32.3. The van der Waals surface area contributed by atoms with E-state index in [2.05, 4.69) is 27.6 Å². The van der Waals surface area contributed by atoms with Gasteiger partial charge >= 0.3 is 5.97 Å². The third kappa shape index (κ3) is 6.71. The zero-order valence-corrected chi connectivity index (χ0v) is 27.3. The highest BCUT2D eigenvalue weighted by molar-refractivity contribution is 14.1. The number of hydrogen-bond acceptors (Lipinski definition) is 7. The highest BCUT2D eigenvalue weighted by atomic mass is 127. The van der Waals surface area contributed by atoms with Gasteiger partial charge in [0.25, 0.3) is 5.56 Å². The van der Waals surface area contributed by atoms with Gasteiger partial charge in [0.15, 0.2) is 4.80 Å². The molecule has 1 aliphatic heterocycles. The summed E-state index contributed by atoms with van der Waals surface area (Å²) < 4.78 is 33.2. The zero-order valence-electron chi connectivity index (χ0n) is 23.5. The van der Waals surface area contributed by atoms with Gasteiger partial charge in [-0.2, -0.15) is 0 Å². The summed E-state index contributed by atoms with van der Waals surface area (Å²) in [6, 6.07) is 16.1. The molecule has 222 valence electrons. The second-order valence-electron chi connectivity index (χ2n) is 9.53. The van der Waals surface area contributed by atoms with Crippen LogP contribution in [0.25, 0.3) is 6.08 Å². The maximum atomic E-state index is 14.1. The van der Waals surface area contributed by atoms with Gasteiger partial charge in [-0.15, -0.1) is 0 Å². The predicted molar refractivity (Wildman–Crippen MR) is 173 cm³/mol. The number of thiazole rings is 1. The van der Waals surface area contributed by atoms with E-state index in [4.69, 9.17) is 25.8 Å². The molecule has 11 heteroatoms. The first-order valence-electron chi connectivity index (χ1n) is 13.5. The summed E-state index contributed by atoms with van der Waals surface area (Å²) in [5.74, 6) is 0.357. The van der Waals surface area contributed by atoms with E-state index in [0.29, 0.717) is 54.9 Å². The number of ether oxygens (including phenoxy) is 3. The molecule has 0 radical (unpaired) electrons. The standard InChI is InChI=1S/C32H27ClFIN2O5S/c1-4-40-24-12-8-20(9-13-24)28-27(31(39)41-5-2)18(3)36-32-37(28)30(38)26(43-32)15-21-14-22(33)16-25(35)29(21)42-17-19-6-10-23(34)11-7-19/h6-16,28H,4-5,17H2,1-3H3/b26-15-/t28-/m0/s1. The van der Waals surface area contributed by atoms with Crippen LogP contribution in [0.2, 0.25) is 5.02 Å². The Balaban J connectivity index is 1.63. The molecule has 0 bridgehead atoms. The molecule has 0 saturated carbocycles. The van der Waals surface area contributed by atoms with Crippen LogP contribution in [0.15, 0.2) is 81.7 Å². The second kappa shape index (κ2) is 13.4. The van der Waals surface area contributed by atoms with Crippen LogP contribution in [0.4, 0.5) is 4.39 Å². The maximum absolute atomic E-state index is 14.1. The molecule has 0 spiro atoms. The fraction of sp³-hybridized carbons (Fsp3) is 0.219. The molecule has 1 aliphatic rings. The Bertz CT molecular complexity index is 1880. The lowest BCUT2D eigenvalue weighted by molar-refractivity contribution is -0.139. The number of rotatable bonds is 9. The Morgan fingerprint density at radius 1 is 1.09 bits per heavy atom. The van der Waals surface area contributed by atoms with Crippen molar-refractivity contribution in [3.8, 4) is 11.5 Å². The maximum Gasteiger partial charge on any atom is 0.338 e. The molecule has 3 aromatic carbocycles. The second-order valence-corrected chi connectivity index (χ2v) is 12.1. The van der Waals surface area contributed by atoms with Crippen molar-refractivity contribution in [3.63, 3.8) is 0 Å². The van der Waals surface area contributed by atoms with Crippen molar-refractivity contribution >= 4 is 57.6 Å². The van der Waals surface area contributed by atoms with Crippen molar-refractivity contribution in [2.45, 2.75) is 33.4 Å². The first-order chi connectivity index (χ1) is 20.7. The van der Waals surface area contributed by atoms with Gasteiger partial charge in [-0.25, -0.2) is 14.2 Å². The Kier molecular flexibility index (Phi) is 9.68. The lowest BCUT2D eigenvalue weighted by Crippen LogP contribution is -2.39. The normalized spacial score (nSPS) is 14.7. The molecule has 1 aromatic heterocycles. The molecule has 5 rings (SSSR count). The van der Waals surface area contributed by atoms with Crippen molar-refractivity contribution in [2.24, 2.45) is 4.99 Å². The van der Waals surface area contributed by atoms with Crippen molar-refractivity contribution < 1.29 is 23.4 Å². The third-order valence-electron chi connectivity index (χ3n) is 6.64. The summed E-state index contributed by atoms with van der Waals surface area (Å²) in [6.07, 6.45) is 1.72. The lowest BCUT2D eigenvalue weighted by Gasteiger charge is -2.24. The van der Waals surface area contributed by atoms with Crippen LogP contribution in [0.1, 0.15) is 43.5 Å². The number of allylic oxidation sites excluding steroid dienone is 1. The highest BCUT2D eigenvalue weighted by Crippen LogP contribution is 2.33. The van der Waals surface area contributed by atoms with E-state index in [9.17, 15) is 14.0 Å². The van der Waals surface area contributed by atoms with Gasteiger partial charge in [0.2, 0.25) is 0 Å². The summed E-state index contributed by atoms with van der Waals surface area (Å²) in [5, 5.41) is 0.477. The average Bonchev–Trinajstić information content (AvgIpc) is 3.27. The molecule has 4 aromatic rings. The number of carbonyl (C=O) groups is 1. The number of halogens is 3. The van der Waals surface area contributed by atoms with Gasteiger partial charge in [-0.1, -0.05) is 47.2 Å². The van der Waals surface area contributed by atoms with Crippen LogP contribution >= 0.6 is 45.5 Å². The molecule has 0 saturated heterocycles. The number of carbonyl (C=O) groups excluding carboxylic acids is 1. The molecule has 43 heavy (non-hydrogen) atoms. The van der Waals surface area contributed by atoms with Crippen LogP contribution in [-0.2, 0) is 16.1 Å². The van der Waals surface area contributed by atoms with Crippen LogP contribution in [0.3, 0.4) is 0 Å². The van der Waals surface area contributed by atoms with Crippen molar-refractivity contribution in [1.29, 1.82) is 0 Å². The minimum atomic E-state index is -0.748. The first kappa shape index (κ1) is 31.0. The van der Waals surface area contributed by atoms with Crippen molar-refractivity contribution in [3.05, 3.63) is 123 Å². The Morgan fingerprint density at radius 2 is 1.81 bits per heavy atom. The molecule has 2 heterocycles. The topological polar surface area (TPSA) is 79.1 Å². The minimum absolute atomic E-state index is 0.185. The number of fused-ring (bicyclic) bond motifs is 1. The van der Waals surface area contributed by atoms with Crippen LogP contribution in [-0.4, -0.2) is 23.8 Å². The highest BCUT2D eigenvalue weighted by Gasteiger charge is 2.33. The molecule has 0 fully saturated rings. The lowest BCUT2D eigenvalue weighted by atomic mass is 9.96. The molecular weight excluding hydrogens is 706 g/mol. The van der Waals surface area contributed by atoms with Crippen molar-refractivity contribution in [2.75, 3.05) is 13.2 Å². The van der Waals surface area contributed by atoms with E-state index in [0.717, 1.165) is 9.13 Å². The van der Waals surface area contributed by atoms with Gasteiger partial charge in [0, 0.05) is 10.6 Å². The van der Waals surface area contributed by atoms with Crippen LogP contribution < -0.4 is 24.4 Å².